The molecular formula is C9H23N5O7P2. The zero-order valence-corrected chi connectivity index (χ0v) is 14.3. The van der Waals surface area contributed by atoms with Crippen molar-refractivity contribution in [1.29, 1.82) is 5.41 Å². The summed E-state index contributed by atoms with van der Waals surface area (Å²) in [5, 5.41) is 11.8. The van der Waals surface area contributed by atoms with Crippen LogP contribution in [-0.4, -0.2) is 68.5 Å². The van der Waals surface area contributed by atoms with Gasteiger partial charge in [0, 0.05) is 13.6 Å². The van der Waals surface area contributed by atoms with Crippen molar-refractivity contribution in [2.45, 2.75) is 18.9 Å². The normalized spacial score (nSPS) is 13.7. The lowest BCUT2D eigenvalue weighted by Crippen LogP contribution is -2.47. The molecule has 0 heterocycles. The van der Waals surface area contributed by atoms with E-state index in [1.54, 1.807) is 0 Å². The number of nitrogens with two attached hydrogens (primary N) is 1. The van der Waals surface area contributed by atoms with Crippen molar-refractivity contribution in [3.05, 3.63) is 0 Å². The summed E-state index contributed by atoms with van der Waals surface area (Å²) >= 11 is 0. The van der Waals surface area contributed by atoms with E-state index in [2.05, 4.69) is 10.6 Å². The zero-order chi connectivity index (χ0) is 18.3. The van der Waals surface area contributed by atoms with E-state index in [4.69, 9.17) is 30.7 Å². The van der Waals surface area contributed by atoms with Gasteiger partial charge in [-0.05, 0) is 12.8 Å². The van der Waals surface area contributed by atoms with Crippen molar-refractivity contribution in [2.24, 2.45) is 5.73 Å². The van der Waals surface area contributed by atoms with E-state index in [0.29, 0.717) is 0 Å². The molecule has 0 saturated heterocycles. The smallest absolute Gasteiger partial charge is 0.339 e. The van der Waals surface area contributed by atoms with Crippen LogP contribution in [0.25, 0.3) is 0 Å². The maximum Gasteiger partial charge on any atom is 0.339 e. The first kappa shape index (κ1) is 22.0. The van der Waals surface area contributed by atoms with Crippen LogP contribution in [0.5, 0.6) is 0 Å². The van der Waals surface area contributed by atoms with Crippen molar-refractivity contribution in [1.82, 2.24) is 15.5 Å². The van der Waals surface area contributed by atoms with Gasteiger partial charge in [0.2, 0.25) is 5.91 Å². The maximum absolute atomic E-state index is 11.9. The molecule has 0 aliphatic heterocycles. The Kier molecular flexibility index (Phi) is 8.93. The summed E-state index contributed by atoms with van der Waals surface area (Å²) in [6.07, 6.45) is -1.58. The second-order valence-corrected chi connectivity index (χ2v) is 8.04. The largest absolute Gasteiger partial charge is 0.370 e. The number of carbonyl (C=O) groups is 1. The van der Waals surface area contributed by atoms with Gasteiger partial charge in [0.25, 0.3) is 0 Å². The van der Waals surface area contributed by atoms with Gasteiger partial charge in [-0.25, -0.2) is 0 Å². The van der Waals surface area contributed by atoms with E-state index < -0.39 is 39.7 Å². The molecule has 136 valence electrons. The van der Waals surface area contributed by atoms with Crippen LogP contribution in [0.3, 0.4) is 0 Å². The van der Waals surface area contributed by atoms with Gasteiger partial charge >= 0.3 is 15.2 Å². The Morgan fingerprint density at radius 3 is 2.04 bits per heavy atom. The fraction of sp³-hybridized carbons (Fsp3) is 0.778. The minimum absolute atomic E-state index is 0.0555. The number of carbonyl (C=O) groups excluding carboxylic acids is 1. The molecule has 23 heavy (non-hydrogen) atoms. The highest BCUT2D eigenvalue weighted by Gasteiger charge is 2.34. The molecule has 0 rings (SSSR count). The molecule has 1 amide bonds. The summed E-state index contributed by atoms with van der Waals surface area (Å²) < 4.78 is 22.3. The van der Waals surface area contributed by atoms with Crippen LogP contribution in [0.4, 0.5) is 0 Å². The monoisotopic (exact) mass is 375 g/mol. The third-order valence-electron chi connectivity index (χ3n) is 2.69. The highest BCUT2D eigenvalue weighted by atomic mass is 31.2. The predicted octanol–water partition coefficient (Wildman–Crippen LogP) is -2.06. The first-order valence-electron chi connectivity index (χ1n) is 6.48. The van der Waals surface area contributed by atoms with Crippen LogP contribution in [0.2, 0.25) is 0 Å². The summed E-state index contributed by atoms with van der Waals surface area (Å²) in [4.78, 5) is 48.9. The molecule has 0 spiro atoms. The number of likely N-dealkylation sites (N-methyl/N-ethyl adjacent to an activating group) is 1. The molecule has 0 bridgehead atoms. The van der Waals surface area contributed by atoms with Crippen molar-refractivity contribution in [2.75, 3.05) is 26.2 Å². The molecule has 1 atom stereocenters. The van der Waals surface area contributed by atoms with E-state index in [1.165, 1.54) is 7.05 Å². The molecule has 0 aromatic rings. The average Bonchev–Trinajstić information content (AvgIpc) is 2.33. The van der Waals surface area contributed by atoms with Gasteiger partial charge in [0.1, 0.15) is 12.6 Å². The lowest BCUT2D eigenvalue weighted by molar-refractivity contribution is -0.125. The SMILES string of the molecule is CNC(=O)[C@H](CCCNC(=N)N)N(CP(=O)(O)O)CP(=O)(O)O. The van der Waals surface area contributed by atoms with E-state index in [0.717, 1.165) is 4.90 Å². The number of rotatable bonds is 10. The first-order valence-corrected chi connectivity index (χ1v) is 10.1. The number of amides is 1. The highest BCUT2D eigenvalue weighted by Crippen LogP contribution is 2.42. The van der Waals surface area contributed by atoms with Crippen molar-refractivity contribution < 1.29 is 33.5 Å². The van der Waals surface area contributed by atoms with Crippen LogP contribution in [-0.2, 0) is 13.9 Å². The second-order valence-electron chi connectivity index (χ2n) is 4.81. The van der Waals surface area contributed by atoms with Crippen molar-refractivity contribution >= 4 is 27.1 Å². The van der Waals surface area contributed by atoms with Crippen LogP contribution < -0.4 is 16.4 Å². The molecule has 0 aromatic heterocycles. The number of nitrogens with one attached hydrogen (secondary N) is 3. The Morgan fingerprint density at radius 1 is 1.22 bits per heavy atom. The summed E-state index contributed by atoms with van der Waals surface area (Å²) in [7, 11) is -7.97. The highest BCUT2D eigenvalue weighted by molar-refractivity contribution is 7.52. The minimum Gasteiger partial charge on any atom is -0.370 e. The number of guanidine groups is 1. The average molecular weight is 375 g/mol. The third-order valence-corrected chi connectivity index (χ3v) is 4.15. The fourth-order valence-electron chi connectivity index (χ4n) is 1.88. The molecule has 12 nitrogen and oxygen atoms in total. The predicted molar refractivity (Wildman–Crippen MR) is 82.7 cm³/mol. The van der Waals surface area contributed by atoms with Gasteiger partial charge in [-0.2, -0.15) is 0 Å². The van der Waals surface area contributed by atoms with Crippen molar-refractivity contribution in [3.63, 3.8) is 0 Å². The Morgan fingerprint density at radius 2 is 1.70 bits per heavy atom. The molecule has 0 saturated carbocycles. The van der Waals surface area contributed by atoms with E-state index in [9.17, 15) is 13.9 Å². The third kappa shape index (κ3) is 11.2. The van der Waals surface area contributed by atoms with E-state index in [-0.39, 0.29) is 25.3 Å². The summed E-state index contributed by atoms with van der Waals surface area (Å²) in [5.74, 6) is -0.904. The topological polar surface area (TPSA) is 209 Å². The standard InChI is InChI=1S/C9H23N5O7P2/c1-12-8(15)7(3-2-4-13-9(10)11)14(5-22(16,17)18)6-23(19,20)21/h7H,2-6H2,1H3,(H,12,15)(H4,10,11,13)(H2,16,17,18)(H2,19,20,21)/t7-/m0/s1. The van der Waals surface area contributed by atoms with Crippen LogP contribution in [0, 0.1) is 5.41 Å². The van der Waals surface area contributed by atoms with Crippen LogP contribution >= 0.6 is 15.2 Å². The summed E-state index contributed by atoms with van der Waals surface area (Å²) in [6.45, 7) is 0.225. The Balaban J connectivity index is 5.13. The van der Waals surface area contributed by atoms with Gasteiger partial charge in [0.15, 0.2) is 5.96 Å². The fourth-order valence-corrected chi connectivity index (χ4v) is 3.58. The van der Waals surface area contributed by atoms with Gasteiger partial charge in [0.05, 0.1) is 6.04 Å². The zero-order valence-electron chi connectivity index (χ0n) is 12.5. The Hall–Kier alpha value is -1.00. The number of nitrogens with zero attached hydrogens (tertiary/aromatic N) is 1. The molecule has 9 N–H and O–H groups in total. The lowest BCUT2D eigenvalue weighted by atomic mass is 10.1. The number of hydrogen-bond acceptors (Lipinski definition) is 5. The Labute approximate surface area is 133 Å². The molecule has 0 aliphatic carbocycles. The van der Waals surface area contributed by atoms with Gasteiger partial charge < -0.3 is 35.9 Å². The minimum atomic E-state index is -4.63. The summed E-state index contributed by atoms with van der Waals surface area (Å²) in [6, 6.07) is -1.14. The summed E-state index contributed by atoms with van der Waals surface area (Å²) in [5.41, 5.74) is 5.10. The molecule has 14 heteroatoms. The van der Waals surface area contributed by atoms with Gasteiger partial charge in [-0.3, -0.25) is 24.2 Å². The quantitative estimate of drug-likeness (QED) is 0.0905. The van der Waals surface area contributed by atoms with Gasteiger partial charge in [-0.1, -0.05) is 0 Å². The molecule has 0 aliphatic rings. The number of hydrogen-bond donors (Lipinski definition) is 8. The molecule has 0 fully saturated rings. The molecular weight excluding hydrogens is 352 g/mol. The maximum atomic E-state index is 11.9. The van der Waals surface area contributed by atoms with Crippen LogP contribution in [0.15, 0.2) is 0 Å². The second kappa shape index (κ2) is 9.33. The van der Waals surface area contributed by atoms with Gasteiger partial charge in [-0.15, -0.1) is 0 Å². The van der Waals surface area contributed by atoms with Crippen LogP contribution in [0.1, 0.15) is 12.8 Å². The van der Waals surface area contributed by atoms with Crippen molar-refractivity contribution in [3.8, 4) is 0 Å². The molecule has 0 unspecified atom stereocenters. The molecule has 0 radical (unpaired) electrons. The molecule has 0 aromatic carbocycles. The lowest BCUT2D eigenvalue weighted by Gasteiger charge is -2.30. The van der Waals surface area contributed by atoms with E-state index in [1.807, 2.05) is 0 Å². The first-order chi connectivity index (χ1) is 10.4. The van der Waals surface area contributed by atoms with E-state index >= 15 is 0 Å². The Bertz CT molecular complexity index is 481.